The van der Waals surface area contributed by atoms with Crippen molar-refractivity contribution in [1.29, 1.82) is 0 Å². The topological polar surface area (TPSA) is 81.4 Å². The number of aromatic amines is 1. The molecule has 0 spiro atoms. The summed E-state index contributed by atoms with van der Waals surface area (Å²) in [6.45, 7) is 0. The summed E-state index contributed by atoms with van der Waals surface area (Å²) in [5, 5.41) is 4.08. The Morgan fingerprint density at radius 2 is 2.16 bits per heavy atom. The highest BCUT2D eigenvalue weighted by Crippen LogP contribution is 2.17. The van der Waals surface area contributed by atoms with Gasteiger partial charge in [0.05, 0.1) is 11.9 Å². The zero-order valence-corrected chi connectivity index (χ0v) is 10.5. The second-order valence-electron chi connectivity index (χ2n) is 4.24. The summed E-state index contributed by atoms with van der Waals surface area (Å²) in [7, 11) is 3.66. The van der Waals surface area contributed by atoms with Crippen molar-refractivity contribution in [3.05, 3.63) is 41.2 Å². The lowest BCUT2D eigenvalue weighted by atomic mass is 10.2. The maximum atomic E-state index is 11.7. The van der Waals surface area contributed by atoms with E-state index in [2.05, 4.69) is 20.1 Å². The van der Waals surface area contributed by atoms with Crippen molar-refractivity contribution in [2.24, 2.45) is 14.1 Å². The van der Waals surface area contributed by atoms with Crippen molar-refractivity contribution in [2.75, 3.05) is 0 Å². The number of nitrogens with zero attached hydrogens (tertiary/aromatic N) is 5. The van der Waals surface area contributed by atoms with Gasteiger partial charge in [0.1, 0.15) is 0 Å². The molecule has 0 radical (unpaired) electrons. The average molecular weight is 256 g/mol. The van der Waals surface area contributed by atoms with Crippen molar-refractivity contribution in [2.45, 2.75) is 0 Å². The number of hydrogen-bond acceptors (Lipinski definition) is 4. The van der Waals surface area contributed by atoms with Crippen molar-refractivity contribution in [1.82, 2.24) is 29.3 Å². The molecule has 0 atom stereocenters. The van der Waals surface area contributed by atoms with Crippen LogP contribution in [0.3, 0.4) is 0 Å². The van der Waals surface area contributed by atoms with Gasteiger partial charge in [0.15, 0.2) is 11.6 Å². The maximum Gasteiger partial charge on any atom is 0.251 e. The molecule has 3 aromatic rings. The van der Waals surface area contributed by atoms with Crippen LogP contribution in [0.2, 0.25) is 0 Å². The molecule has 0 aromatic carbocycles. The molecule has 3 rings (SSSR count). The Labute approximate surface area is 108 Å². The van der Waals surface area contributed by atoms with E-state index in [1.807, 2.05) is 20.3 Å². The SMILES string of the molecule is Cn1cc(-c2cc(=O)[nH]c(-c3nccn3C)n2)cn1. The van der Waals surface area contributed by atoms with Crippen LogP contribution < -0.4 is 5.56 Å². The monoisotopic (exact) mass is 256 g/mol. The van der Waals surface area contributed by atoms with Crippen LogP contribution >= 0.6 is 0 Å². The number of hydrogen-bond donors (Lipinski definition) is 1. The van der Waals surface area contributed by atoms with Crippen molar-refractivity contribution >= 4 is 0 Å². The minimum atomic E-state index is -0.216. The third-order valence-corrected chi connectivity index (χ3v) is 2.78. The lowest BCUT2D eigenvalue weighted by molar-refractivity contribution is 0.768. The van der Waals surface area contributed by atoms with Crippen LogP contribution in [-0.2, 0) is 14.1 Å². The van der Waals surface area contributed by atoms with E-state index in [0.717, 1.165) is 5.56 Å². The van der Waals surface area contributed by atoms with Crippen molar-refractivity contribution in [3.8, 4) is 22.9 Å². The Morgan fingerprint density at radius 1 is 1.32 bits per heavy atom. The zero-order chi connectivity index (χ0) is 13.4. The molecule has 19 heavy (non-hydrogen) atoms. The van der Waals surface area contributed by atoms with Gasteiger partial charge >= 0.3 is 0 Å². The quantitative estimate of drug-likeness (QED) is 0.726. The molecule has 0 aliphatic carbocycles. The summed E-state index contributed by atoms with van der Waals surface area (Å²) in [5.74, 6) is 1.06. The number of rotatable bonds is 2. The third-order valence-electron chi connectivity index (χ3n) is 2.78. The van der Waals surface area contributed by atoms with Crippen LogP contribution in [0.15, 0.2) is 35.6 Å². The minimum absolute atomic E-state index is 0.216. The highest BCUT2D eigenvalue weighted by Gasteiger charge is 2.10. The molecular weight excluding hydrogens is 244 g/mol. The number of imidazole rings is 1. The van der Waals surface area contributed by atoms with E-state index in [1.54, 1.807) is 27.8 Å². The summed E-state index contributed by atoms with van der Waals surface area (Å²) in [5.41, 5.74) is 1.16. The van der Waals surface area contributed by atoms with Gasteiger partial charge in [0, 0.05) is 44.3 Å². The number of aromatic nitrogens is 6. The Hall–Kier alpha value is -2.70. The van der Waals surface area contributed by atoms with Gasteiger partial charge in [0.2, 0.25) is 0 Å². The molecule has 3 heterocycles. The minimum Gasteiger partial charge on any atom is -0.331 e. The van der Waals surface area contributed by atoms with E-state index in [-0.39, 0.29) is 5.56 Å². The van der Waals surface area contributed by atoms with Gasteiger partial charge < -0.3 is 9.55 Å². The first-order valence-corrected chi connectivity index (χ1v) is 5.71. The van der Waals surface area contributed by atoms with Gasteiger partial charge in [-0.05, 0) is 0 Å². The van der Waals surface area contributed by atoms with Crippen molar-refractivity contribution < 1.29 is 0 Å². The third kappa shape index (κ3) is 2.05. The Bertz CT molecular complexity index is 781. The standard InChI is InChI=1S/C12H12N6O/c1-17-4-3-13-12(17)11-15-9(5-10(19)16-11)8-6-14-18(2)7-8/h3-7H,1-2H3,(H,15,16,19). The molecule has 0 amide bonds. The summed E-state index contributed by atoms with van der Waals surface area (Å²) in [4.78, 5) is 23.0. The molecule has 0 aliphatic rings. The fourth-order valence-corrected chi connectivity index (χ4v) is 1.86. The number of aryl methyl sites for hydroxylation is 2. The van der Waals surface area contributed by atoms with E-state index in [4.69, 9.17) is 0 Å². The van der Waals surface area contributed by atoms with Crippen LogP contribution in [0.5, 0.6) is 0 Å². The van der Waals surface area contributed by atoms with Crippen LogP contribution in [0, 0.1) is 0 Å². The number of nitrogens with one attached hydrogen (secondary N) is 1. The normalized spacial score (nSPS) is 10.8. The van der Waals surface area contributed by atoms with E-state index in [1.165, 1.54) is 6.07 Å². The van der Waals surface area contributed by atoms with Crippen LogP contribution in [0.4, 0.5) is 0 Å². The molecule has 3 aromatic heterocycles. The molecule has 0 bridgehead atoms. The fourth-order valence-electron chi connectivity index (χ4n) is 1.86. The molecule has 0 unspecified atom stereocenters. The summed E-state index contributed by atoms with van der Waals surface area (Å²) in [6, 6.07) is 1.45. The van der Waals surface area contributed by atoms with E-state index in [0.29, 0.717) is 17.3 Å². The average Bonchev–Trinajstić information content (AvgIpc) is 2.97. The molecule has 96 valence electrons. The predicted molar refractivity (Wildman–Crippen MR) is 69.3 cm³/mol. The van der Waals surface area contributed by atoms with Gasteiger partial charge in [-0.1, -0.05) is 0 Å². The molecule has 1 N–H and O–H groups in total. The molecule has 0 aliphatic heterocycles. The smallest absolute Gasteiger partial charge is 0.251 e. The van der Waals surface area contributed by atoms with Crippen molar-refractivity contribution in [3.63, 3.8) is 0 Å². The molecule has 7 heteroatoms. The molecule has 7 nitrogen and oxygen atoms in total. The summed E-state index contributed by atoms with van der Waals surface area (Å²) in [6.07, 6.45) is 6.94. The molecule has 0 saturated carbocycles. The maximum absolute atomic E-state index is 11.7. The molecular formula is C12H12N6O. The van der Waals surface area contributed by atoms with Gasteiger partial charge in [-0.2, -0.15) is 5.10 Å². The second kappa shape index (κ2) is 4.20. The van der Waals surface area contributed by atoms with Gasteiger partial charge in [-0.3, -0.25) is 9.48 Å². The predicted octanol–water partition coefficient (Wildman–Crippen LogP) is 0.571. The highest BCUT2D eigenvalue weighted by atomic mass is 16.1. The Balaban J connectivity index is 2.16. The lowest BCUT2D eigenvalue weighted by Gasteiger charge is -2.02. The van der Waals surface area contributed by atoms with Crippen LogP contribution in [0.25, 0.3) is 22.9 Å². The van der Waals surface area contributed by atoms with E-state index >= 15 is 0 Å². The second-order valence-corrected chi connectivity index (χ2v) is 4.24. The molecule has 0 fully saturated rings. The summed E-state index contributed by atoms with van der Waals surface area (Å²) < 4.78 is 3.46. The Morgan fingerprint density at radius 3 is 2.79 bits per heavy atom. The highest BCUT2D eigenvalue weighted by molar-refractivity contribution is 5.59. The van der Waals surface area contributed by atoms with Crippen LogP contribution in [0.1, 0.15) is 0 Å². The van der Waals surface area contributed by atoms with E-state index < -0.39 is 0 Å². The van der Waals surface area contributed by atoms with Crippen LogP contribution in [-0.4, -0.2) is 29.3 Å². The molecule has 0 saturated heterocycles. The van der Waals surface area contributed by atoms with E-state index in [9.17, 15) is 4.79 Å². The largest absolute Gasteiger partial charge is 0.331 e. The summed E-state index contributed by atoms with van der Waals surface area (Å²) >= 11 is 0. The van der Waals surface area contributed by atoms with Gasteiger partial charge in [-0.15, -0.1) is 0 Å². The first-order valence-electron chi connectivity index (χ1n) is 5.71. The fraction of sp³-hybridized carbons (Fsp3) is 0.167. The van der Waals surface area contributed by atoms with Gasteiger partial charge in [-0.25, -0.2) is 9.97 Å². The Kier molecular flexibility index (Phi) is 2.52. The number of H-pyrrole nitrogens is 1. The van der Waals surface area contributed by atoms with Gasteiger partial charge in [0.25, 0.3) is 5.56 Å². The first-order chi connectivity index (χ1) is 9.13. The first kappa shape index (κ1) is 11.4. The zero-order valence-electron chi connectivity index (χ0n) is 10.5. The lowest BCUT2D eigenvalue weighted by Crippen LogP contribution is -2.10.